The van der Waals surface area contributed by atoms with Gasteiger partial charge in [-0.3, -0.25) is 0 Å². The Kier molecular flexibility index (Phi) is 7.63. The highest BCUT2D eigenvalue weighted by Crippen LogP contribution is 2.40. The Hall–Kier alpha value is -1.48. The number of halogens is 2. The largest absolute Gasteiger partial charge is 0.488 e. The van der Waals surface area contributed by atoms with Crippen LogP contribution in [0.2, 0.25) is 5.02 Å². The summed E-state index contributed by atoms with van der Waals surface area (Å²) in [5.74, 6) is 1.78. The molecule has 2 aliphatic rings. The van der Waals surface area contributed by atoms with Crippen molar-refractivity contribution in [3.8, 4) is 5.75 Å². The van der Waals surface area contributed by atoms with Gasteiger partial charge in [-0.15, -0.1) is 11.6 Å². The summed E-state index contributed by atoms with van der Waals surface area (Å²) in [5.41, 5.74) is 6.51. The van der Waals surface area contributed by atoms with E-state index in [2.05, 4.69) is 36.5 Å². The number of para-hydroxylation sites is 1. The van der Waals surface area contributed by atoms with Crippen LogP contribution in [-0.2, 0) is 6.61 Å². The molecule has 0 unspecified atom stereocenters. The van der Waals surface area contributed by atoms with Crippen LogP contribution in [0.3, 0.4) is 0 Å². The summed E-state index contributed by atoms with van der Waals surface area (Å²) in [6.07, 6.45) is 4.54. The van der Waals surface area contributed by atoms with E-state index in [0.29, 0.717) is 6.61 Å². The van der Waals surface area contributed by atoms with Gasteiger partial charge in [-0.25, -0.2) is 0 Å². The SMILES string of the molecule is CCCCCl.Clc1ccc2c(c1)COc1ccccc1C2=C1CCNCC1.[HH]. The van der Waals surface area contributed by atoms with E-state index in [9.17, 15) is 0 Å². The first kappa shape index (κ1) is 20.3. The van der Waals surface area contributed by atoms with Crippen molar-refractivity contribution in [2.75, 3.05) is 19.0 Å². The molecule has 0 radical (unpaired) electrons. The van der Waals surface area contributed by atoms with Gasteiger partial charge in [-0.2, -0.15) is 0 Å². The van der Waals surface area contributed by atoms with Crippen LogP contribution in [0.4, 0.5) is 0 Å². The molecule has 0 bridgehead atoms. The normalized spacial score (nSPS) is 15.7. The molecule has 1 fully saturated rings. The predicted molar refractivity (Wildman–Crippen MR) is 118 cm³/mol. The zero-order chi connectivity index (χ0) is 19.1. The fourth-order valence-corrected chi connectivity index (χ4v) is 3.98. The number of unbranched alkanes of at least 4 members (excludes halogenated alkanes) is 1. The van der Waals surface area contributed by atoms with Gasteiger partial charge in [-0.1, -0.05) is 54.8 Å². The van der Waals surface area contributed by atoms with Gasteiger partial charge in [0.1, 0.15) is 12.4 Å². The first-order valence-corrected chi connectivity index (χ1v) is 10.7. The highest BCUT2D eigenvalue weighted by molar-refractivity contribution is 6.30. The average molecular weight is 406 g/mol. The van der Waals surface area contributed by atoms with Gasteiger partial charge in [0.2, 0.25) is 0 Å². The van der Waals surface area contributed by atoms with E-state index >= 15 is 0 Å². The van der Waals surface area contributed by atoms with Gasteiger partial charge in [0, 0.05) is 17.9 Å². The Labute approximate surface area is 174 Å². The Morgan fingerprint density at radius 2 is 1.85 bits per heavy atom. The molecule has 2 aliphatic heterocycles. The molecule has 2 nitrogen and oxygen atoms in total. The molecule has 0 saturated carbocycles. The molecule has 0 atom stereocenters. The lowest BCUT2D eigenvalue weighted by Crippen LogP contribution is -2.23. The highest BCUT2D eigenvalue weighted by Gasteiger charge is 2.23. The van der Waals surface area contributed by atoms with E-state index in [1.807, 2.05) is 18.2 Å². The molecule has 1 saturated heterocycles. The van der Waals surface area contributed by atoms with E-state index < -0.39 is 0 Å². The summed E-state index contributed by atoms with van der Waals surface area (Å²) < 4.78 is 6.04. The highest BCUT2D eigenvalue weighted by atomic mass is 35.5. The lowest BCUT2D eigenvalue weighted by atomic mass is 9.87. The molecule has 0 amide bonds. The molecule has 2 aromatic rings. The van der Waals surface area contributed by atoms with E-state index in [0.717, 1.165) is 49.0 Å². The molecule has 0 spiro atoms. The van der Waals surface area contributed by atoms with Crippen LogP contribution in [0, 0.1) is 0 Å². The van der Waals surface area contributed by atoms with Crippen LogP contribution < -0.4 is 10.1 Å². The third kappa shape index (κ3) is 5.07. The van der Waals surface area contributed by atoms with Crippen LogP contribution in [0.1, 0.15) is 50.7 Å². The maximum absolute atomic E-state index is 6.19. The summed E-state index contributed by atoms with van der Waals surface area (Å²) >= 11 is 11.5. The van der Waals surface area contributed by atoms with Crippen LogP contribution >= 0.6 is 23.2 Å². The standard InChI is InChI=1S/C19H18ClNO.C4H9Cl.H2/c20-15-5-6-16-14(11-15)12-22-18-4-2-1-3-17(18)19(16)13-7-9-21-10-8-13;1-2-3-4-5;/h1-6,11,21H,7-10,12H2;2-4H2,1H3;1H. The van der Waals surface area contributed by atoms with Crippen molar-refractivity contribution in [1.29, 1.82) is 0 Å². The number of hydrogen-bond acceptors (Lipinski definition) is 2. The molecule has 2 heterocycles. The zero-order valence-electron chi connectivity index (χ0n) is 15.9. The summed E-state index contributed by atoms with van der Waals surface area (Å²) in [4.78, 5) is 0. The van der Waals surface area contributed by atoms with Gasteiger partial charge in [0.15, 0.2) is 0 Å². The fourth-order valence-electron chi connectivity index (χ4n) is 3.52. The summed E-state index contributed by atoms with van der Waals surface area (Å²) in [6.45, 7) is 4.79. The second-order valence-electron chi connectivity index (χ2n) is 6.86. The lowest BCUT2D eigenvalue weighted by molar-refractivity contribution is 0.307. The van der Waals surface area contributed by atoms with Gasteiger partial charge in [0.25, 0.3) is 0 Å². The molecule has 146 valence electrons. The number of alkyl halides is 1. The quantitative estimate of drug-likeness (QED) is 0.561. The number of nitrogens with one attached hydrogen (secondary N) is 1. The summed E-state index contributed by atoms with van der Waals surface area (Å²) in [6, 6.07) is 14.5. The number of ether oxygens (including phenoxy) is 1. The zero-order valence-corrected chi connectivity index (χ0v) is 17.4. The minimum atomic E-state index is 0. The van der Waals surface area contributed by atoms with E-state index in [1.165, 1.54) is 34.3 Å². The lowest BCUT2D eigenvalue weighted by Gasteiger charge is -2.21. The maximum atomic E-state index is 6.19. The Bertz CT molecular complexity index is 797. The van der Waals surface area contributed by atoms with Crippen molar-refractivity contribution in [2.45, 2.75) is 39.2 Å². The van der Waals surface area contributed by atoms with Gasteiger partial charge in [0.05, 0.1) is 0 Å². The molecule has 2 aromatic carbocycles. The fraction of sp³-hybridized carbons (Fsp3) is 0.391. The topological polar surface area (TPSA) is 21.3 Å². The molecule has 0 aromatic heterocycles. The third-order valence-electron chi connectivity index (χ3n) is 4.92. The van der Waals surface area contributed by atoms with Crippen molar-refractivity contribution in [2.24, 2.45) is 0 Å². The van der Waals surface area contributed by atoms with Crippen molar-refractivity contribution in [1.82, 2.24) is 5.32 Å². The third-order valence-corrected chi connectivity index (χ3v) is 5.43. The van der Waals surface area contributed by atoms with Gasteiger partial charge >= 0.3 is 0 Å². The Morgan fingerprint density at radius 1 is 1.07 bits per heavy atom. The Morgan fingerprint density at radius 3 is 2.56 bits per heavy atom. The summed E-state index contributed by atoms with van der Waals surface area (Å²) in [7, 11) is 0. The minimum Gasteiger partial charge on any atom is -0.488 e. The van der Waals surface area contributed by atoms with Crippen LogP contribution in [0.25, 0.3) is 5.57 Å². The van der Waals surface area contributed by atoms with Crippen molar-refractivity contribution < 1.29 is 6.16 Å². The van der Waals surface area contributed by atoms with Crippen LogP contribution in [-0.4, -0.2) is 19.0 Å². The molecule has 1 N–H and O–H groups in total. The predicted octanol–water partition coefficient (Wildman–Crippen LogP) is 6.69. The molecule has 4 rings (SSSR count). The number of benzene rings is 2. The number of hydrogen-bond donors (Lipinski definition) is 1. The van der Waals surface area contributed by atoms with Gasteiger partial charge in [-0.05, 0) is 67.3 Å². The maximum Gasteiger partial charge on any atom is 0.127 e. The van der Waals surface area contributed by atoms with E-state index in [1.54, 1.807) is 0 Å². The average Bonchev–Trinajstić information content (AvgIpc) is 2.86. The molecular weight excluding hydrogens is 377 g/mol. The smallest absolute Gasteiger partial charge is 0.127 e. The minimum absolute atomic E-state index is 0. The van der Waals surface area contributed by atoms with E-state index in [4.69, 9.17) is 27.9 Å². The van der Waals surface area contributed by atoms with Crippen molar-refractivity contribution >= 4 is 28.8 Å². The molecule has 4 heteroatoms. The van der Waals surface area contributed by atoms with E-state index in [-0.39, 0.29) is 1.43 Å². The number of rotatable bonds is 2. The van der Waals surface area contributed by atoms with Crippen LogP contribution in [0.15, 0.2) is 48.0 Å². The summed E-state index contributed by atoms with van der Waals surface area (Å²) in [5, 5.41) is 4.21. The Balaban J connectivity index is 0.000000420. The first-order chi connectivity index (χ1) is 13.2. The molecular formula is C23H29Cl2NO. The number of fused-ring (bicyclic) bond motifs is 2. The monoisotopic (exact) mass is 405 g/mol. The second kappa shape index (κ2) is 10.2. The second-order valence-corrected chi connectivity index (χ2v) is 7.67. The molecule has 27 heavy (non-hydrogen) atoms. The number of piperidine rings is 1. The van der Waals surface area contributed by atoms with Crippen molar-refractivity contribution in [3.05, 3.63) is 69.8 Å². The van der Waals surface area contributed by atoms with Gasteiger partial charge < -0.3 is 10.1 Å². The first-order valence-electron chi connectivity index (χ1n) is 9.74. The van der Waals surface area contributed by atoms with Crippen molar-refractivity contribution in [3.63, 3.8) is 0 Å². The molecule has 0 aliphatic carbocycles. The van der Waals surface area contributed by atoms with Crippen LogP contribution in [0.5, 0.6) is 5.75 Å².